The van der Waals surface area contributed by atoms with E-state index in [-0.39, 0.29) is 6.42 Å². The molecule has 0 amide bonds. The van der Waals surface area contributed by atoms with Crippen LogP contribution in [0.1, 0.15) is 5.56 Å². The van der Waals surface area contributed by atoms with E-state index in [9.17, 15) is 18.5 Å². The second kappa shape index (κ2) is 4.37. The second-order valence-electron chi connectivity index (χ2n) is 2.94. The van der Waals surface area contributed by atoms with Crippen LogP contribution in [-0.2, 0) is 16.5 Å². The highest BCUT2D eigenvalue weighted by Gasteiger charge is 2.34. The fourth-order valence-corrected chi connectivity index (χ4v) is 1.72. The highest BCUT2D eigenvalue weighted by Crippen LogP contribution is 2.09. The van der Waals surface area contributed by atoms with Crippen molar-refractivity contribution in [2.24, 2.45) is 0 Å². The summed E-state index contributed by atoms with van der Waals surface area (Å²) in [5.41, 5.74) is 0.483. The van der Waals surface area contributed by atoms with Crippen LogP contribution in [0.3, 0.4) is 0 Å². The minimum Gasteiger partial charge on any atom is -0.280 e. The summed E-state index contributed by atoms with van der Waals surface area (Å²) in [5, 5.41) is 8.42. The van der Waals surface area contributed by atoms with Crippen LogP contribution in [0.25, 0.3) is 0 Å². The first kappa shape index (κ1) is 11.6. The van der Waals surface area contributed by atoms with E-state index < -0.39 is 20.4 Å². The molecule has 0 saturated carbocycles. The van der Waals surface area contributed by atoms with Gasteiger partial charge in [0.1, 0.15) is 0 Å². The van der Waals surface area contributed by atoms with Crippen LogP contribution in [0.5, 0.6) is 0 Å². The average Bonchev–Trinajstić information content (AvgIpc) is 2.13. The van der Waals surface area contributed by atoms with E-state index in [1.807, 2.05) is 0 Å². The summed E-state index contributed by atoms with van der Waals surface area (Å²) in [4.78, 5) is 9.41. The van der Waals surface area contributed by atoms with Crippen molar-refractivity contribution in [3.63, 3.8) is 0 Å². The van der Waals surface area contributed by atoms with Gasteiger partial charge in [0, 0.05) is 4.92 Å². The molecule has 0 heterocycles. The zero-order valence-electron chi connectivity index (χ0n) is 7.61. The van der Waals surface area contributed by atoms with E-state index in [1.54, 1.807) is 30.3 Å². The van der Waals surface area contributed by atoms with E-state index in [1.165, 1.54) is 0 Å². The molecule has 7 heteroatoms. The van der Waals surface area contributed by atoms with Crippen LogP contribution in [-0.4, -0.2) is 23.3 Å². The highest BCUT2D eigenvalue weighted by molar-refractivity contribution is 7.86. The van der Waals surface area contributed by atoms with Gasteiger partial charge in [0.05, 0.1) is 6.42 Å². The normalized spacial score (nSPS) is 13.4. The lowest BCUT2D eigenvalue weighted by atomic mass is 10.1. The first-order chi connectivity index (χ1) is 6.91. The van der Waals surface area contributed by atoms with Crippen LogP contribution in [0.2, 0.25) is 0 Å². The Morgan fingerprint density at radius 1 is 1.33 bits per heavy atom. The summed E-state index contributed by atoms with van der Waals surface area (Å²) in [6.07, 6.45) is -0.341. The van der Waals surface area contributed by atoms with Gasteiger partial charge in [0.2, 0.25) is 0 Å². The minimum absolute atomic E-state index is 0.341. The summed E-state index contributed by atoms with van der Waals surface area (Å²) in [6, 6.07) is 8.09. The van der Waals surface area contributed by atoms with Crippen molar-refractivity contribution in [3.8, 4) is 0 Å². The number of hydrogen-bond acceptors (Lipinski definition) is 4. The van der Waals surface area contributed by atoms with Crippen molar-refractivity contribution in [1.82, 2.24) is 0 Å². The molecule has 0 aliphatic carbocycles. The molecule has 0 radical (unpaired) electrons. The van der Waals surface area contributed by atoms with E-state index in [0.717, 1.165) is 0 Å². The number of hydrogen-bond donors (Lipinski definition) is 1. The lowest BCUT2D eigenvalue weighted by molar-refractivity contribution is -0.497. The van der Waals surface area contributed by atoms with Crippen LogP contribution >= 0.6 is 0 Å². The lowest BCUT2D eigenvalue weighted by Crippen LogP contribution is -2.31. The highest BCUT2D eigenvalue weighted by atomic mass is 32.2. The van der Waals surface area contributed by atoms with Gasteiger partial charge in [-0.3, -0.25) is 14.7 Å². The van der Waals surface area contributed by atoms with Crippen molar-refractivity contribution < 1.29 is 17.9 Å². The molecular weight excluding hydrogens is 222 g/mol. The quantitative estimate of drug-likeness (QED) is 0.467. The third-order valence-corrected chi connectivity index (χ3v) is 2.86. The van der Waals surface area contributed by atoms with Gasteiger partial charge < -0.3 is 0 Å². The molecule has 0 spiro atoms. The molecule has 0 fully saturated rings. The second-order valence-corrected chi connectivity index (χ2v) is 4.52. The zero-order valence-corrected chi connectivity index (χ0v) is 8.42. The SMILES string of the molecule is O=[N+]([O-])C(Cc1ccccc1)S(=O)(=O)O. The predicted molar refractivity (Wildman–Crippen MR) is 52.5 cm³/mol. The molecule has 1 N–H and O–H groups in total. The van der Waals surface area contributed by atoms with Gasteiger partial charge in [0.25, 0.3) is 0 Å². The van der Waals surface area contributed by atoms with Crippen molar-refractivity contribution >= 4 is 10.1 Å². The Balaban J connectivity index is 2.92. The molecule has 0 aliphatic rings. The van der Waals surface area contributed by atoms with E-state index in [4.69, 9.17) is 4.55 Å². The van der Waals surface area contributed by atoms with Gasteiger partial charge in [-0.2, -0.15) is 8.42 Å². The topological polar surface area (TPSA) is 97.5 Å². The van der Waals surface area contributed by atoms with Gasteiger partial charge in [0.15, 0.2) is 0 Å². The van der Waals surface area contributed by atoms with Crippen molar-refractivity contribution in [2.45, 2.75) is 11.8 Å². The molecule has 1 rings (SSSR count). The van der Waals surface area contributed by atoms with Crippen LogP contribution < -0.4 is 0 Å². The Labute approximate surface area is 86.4 Å². The molecule has 15 heavy (non-hydrogen) atoms. The summed E-state index contributed by atoms with van der Waals surface area (Å²) in [7, 11) is -4.66. The third-order valence-electron chi connectivity index (χ3n) is 1.83. The lowest BCUT2D eigenvalue weighted by Gasteiger charge is -2.05. The largest absolute Gasteiger partial charge is 0.338 e. The Kier molecular flexibility index (Phi) is 3.38. The third kappa shape index (κ3) is 3.30. The molecule has 82 valence electrons. The Morgan fingerprint density at radius 3 is 2.27 bits per heavy atom. The first-order valence-electron chi connectivity index (χ1n) is 4.05. The monoisotopic (exact) mass is 231 g/mol. The molecule has 0 aromatic heterocycles. The summed E-state index contributed by atoms with van der Waals surface area (Å²) in [5.74, 6) is 0. The smallest absolute Gasteiger partial charge is 0.280 e. The molecule has 6 nitrogen and oxygen atoms in total. The van der Waals surface area contributed by atoms with Gasteiger partial charge in [-0.1, -0.05) is 30.3 Å². The number of nitrogens with zero attached hydrogens (tertiary/aromatic N) is 1. The van der Waals surface area contributed by atoms with Gasteiger partial charge >= 0.3 is 15.5 Å². The molecule has 0 bridgehead atoms. The molecule has 1 aromatic rings. The van der Waals surface area contributed by atoms with Gasteiger partial charge in [-0.05, 0) is 5.56 Å². The maximum atomic E-state index is 10.7. The van der Waals surface area contributed by atoms with E-state index in [2.05, 4.69) is 0 Å². The van der Waals surface area contributed by atoms with Crippen LogP contribution in [0.15, 0.2) is 30.3 Å². The fraction of sp³-hybridized carbons (Fsp3) is 0.250. The summed E-state index contributed by atoms with van der Waals surface area (Å²) < 4.78 is 30.0. The molecule has 1 aromatic carbocycles. The number of benzene rings is 1. The van der Waals surface area contributed by atoms with Crippen LogP contribution in [0, 0.1) is 10.1 Å². The molecule has 1 unspecified atom stereocenters. The van der Waals surface area contributed by atoms with Crippen molar-refractivity contribution in [2.75, 3.05) is 0 Å². The number of rotatable bonds is 4. The van der Waals surface area contributed by atoms with E-state index >= 15 is 0 Å². The molecule has 1 atom stereocenters. The summed E-state index contributed by atoms with van der Waals surface area (Å²) >= 11 is 0. The first-order valence-corrected chi connectivity index (χ1v) is 5.55. The maximum absolute atomic E-state index is 10.7. The van der Waals surface area contributed by atoms with Gasteiger partial charge in [-0.25, -0.2) is 0 Å². The Bertz CT molecular complexity index is 441. The average molecular weight is 231 g/mol. The minimum atomic E-state index is -4.66. The van der Waals surface area contributed by atoms with E-state index in [0.29, 0.717) is 5.56 Å². The predicted octanol–water partition coefficient (Wildman–Crippen LogP) is 0.720. The van der Waals surface area contributed by atoms with Crippen LogP contribution in [0.4, 0.5) is 0 Å². The Morgan fingerprint density at radius 2 is 1.87 bits per heavy atom. The Hall–Kier alpha value is -1.47. The fourth-order valence-electron chi connectivity index (χ4n) is 1.10. The standard InChI is InChI=1S/C8H9NO5S/c10-9(11)8(15(12,13)14)6-7-4-2-1-3-5-7/h1-5,8H,6H2,(H,12,13,14). The number of nitro groups is 1. The van der Waals surface area contributed by atoms with Crippen molar-refractivity contribution in [1.29, 1.82) is 0 Å². The van der Waals surface area contributed by atoms with Gasteiger partial charge in [-0.15, -0.1) is 0 Å². The maximum Gasteiger partial charge on any atom is 0.338 e. The molecule has 0 saturated heterocycles. The zero-order chi connectivity index (χ0) is 11.5. The molecular formula is C8H9NO5S. The molecule has 0 aliphatic heterocycles. The summed E-state index contributed by atoms with van der Waals surface area (Å²) in [6.45, 7) is 0. The van der Waals surface area contributed by atoms with Crippen molar-refractivity contribution in [3.05, 3.63) is 46.0 Å².